The Bertz CT molecular complexity index is 1060. The Morgan fingerprint density at radius 2 is 1.63 bits per heavy atom. The third-order valence-corrected chi connectivity index (χ3v) is 5.11. The third kappa shape index (κ3) is 5.55. The number of para-hydroxylation sites is 2. The highest BCUT2D eigenvalue weighted by Gasteiger charge is 2.15. The van der Waals surface area contributed by atoms with Crippen LogP contribution >= 0.6 is 15.9 Å². The summed E-state index contributed by atoms with van der Waals surface area (Å²) >= 11 is 3.40. The van der Waals surface area contributed by atoms with Crippen LogP contribution in [0.2, 0.25) is 0 Å². The first-order valence-electron chi connectivity index (χ1n) is 9.49. The molecule has 2 aromatic carbocycles. The fourth-order valence-corrected chi connectivity index (χ4v) is 3.44. The van der Waals surface area contributed by atoms with Gasteiger partial charge in [-0.2, -0.15) is 5.10 Å². The molecule has 8 heteroatoms. The highest BCUT2D eigenvalue weighted by atomic mass is 79.9. The lowest BCUT2D eigenvalue weighted by Gasteiger charge is -2.17. The Morgan fingerprint density at radius 1 is 1.00 bits per heavy atom. The van der Waals surface area contributed by atoms with E-state index in [1.165, 1.54) is 0 Å². The zero-order valence-electron chi connectivity index (χ0n) is 17.1. The van der Waals surface area contributed by atoms with Crippen molar-refractivity contribution in [1.82, 2.24) is 14.7 Å². The SMILES string of the molecule is Cc1cc(NC(=O)CN(C)CC(=O)Nc2ccccc2Br)n(-c2ccccc2C)n1. The number of rotatable bonds is 7. The number of nitrogens with zero attached hydrogens (tertiary/aromatic N) is 3. The van der Waals surface area contributed by atoms with Crippen LogP contribution in [0.3, 0.4) is 0 Å². The number of nitrogens with one attached hydrogen (secondary N) is 2. The second kappa shape index (κ2) is 9.69. The summed E-state index contributed by atoms with van der Waals surface area (Å²) in [6.45, 7) is 4.03. The van der Waals surface area contributed by atoms with E-state index in [9.17, 15) is 9.59 Å². The van der Waals surface area contributed by atoms with Crippen molar-refractivity contribution in [3.63, 3.8) is 0 Å². The van der Waals surface area contributed by atoms with Gasteiger partial charge in [-0.15, -0.1) is 0 Å². The molecule has 0 aliphatic rings. The van der Waals surface area contributed by atoms with E-state index in [0.29, 0.717) is 11.5 Å². The van der Waals surface area contributed by atoms with Gasteiger partial charge in [0.25, 0.3) is 0 Å². The monoisotopic (exact) mass is 469 g/mol. The van der Waals surface area contributed by atoms with Gasteiger partial charge < -0.3 is 10.6 Å². The molecular formula is C22H24BrN5O2. The van der Waals surface area contributed by atoms with Gasteiger partial charge in [-0.1, -0.05) is 30.3 Å². The molecule has 3 rings (SSSR count). The number of hydrogen-bond donors (Lipinski definition) is 2. The molecule has 0 spiro atoms. The highest BCUT2D eigenvalue weighted by Crippen LogP contribution is 2.21. The average Bonchev–Trinajstić information content (AvgIpc) is 3.03. The van der Waals surface area contributed by atoms with E-state index >= 15 is 0 Å². The van der Waals surface area contributed by atoms with Gasteiger partial charge in [-0.25, -0.2) is 4.68 Å². The molecule has 0 atom stereocenters. The minimum Gasteiger partial charge on any atom is -0.324 e. The van der Waals surface area contributed by atoms with Crippen molar-refractivity contribution in [2.75, 3.05) is 30.8 Å². The van der Waals surface area contributed by atoms with Crippen LogP contribution in [-0.4, -0.2) is 46.6 Å². The molecule has 1 aromatic heterocycles. The molecule has 2 amide bonds. The maximum Gasteiger partial charge on any atom is 0.239 e. The molecule has 7 nitrogen and oxygen atoms in total. The molecule has 3 aromatic rings. The molecule has 0 radical (unpaired) electrons. The van der Waals surface area contributed by atoms with E-state index in [-0.39, 0.29) is 24.9 Å². The van der Waals surface area contributed by atoms with Crippen molar-refractivity contribution in [3.05, 3.63) is 70.3 Å². The van der Waals surface area contributed by atoms with Gasteiger partial charge in [0.15, 0.2) is 0 Å². The van der Waals surface area contributed by atoms with Crippen molar-refractivity contribution in [1.29, 1.82) is 0 Å². The van der Waals surface area contributed by atoms with Gasteiger partial charge in [0.2, 0.25) is 11.8 Å². The molecule has 0 bridgehead atoms. The maximum absolute atomic E-state index is 12.6. The Morgan fingerprint density at radius 3 is 2.33 bits per heavy atom. The summed E-state index contributed by atoms with van der Waals surface area (Å²) in [5, 5.41) is 10.2. The first-order valence-corrected chi connectivity index (χ1v) is 10.3. The zero-order chi connectivity index (χ0) is 21.7. The molecule has 1 heterocycles. The third-order valence-electron chi connectivity index (χ3n) is 4.42. The Kier molecular flexibility index (Phi) is 7.02. The maximum atomic E-state index is 12.6. The highest BCUT2D eigenvalue weighted by molar-refractivity contribution is 9.10. The fraction of sp³-hybridized carbons (Fsp3) is 0.227. The molecule has 0 fully saturated rings. The number of likely N-dealkylation sites (N-methyl/N-ethyl adjacent to an activating group) is 1. The summed E-state index contributed by atoms with van der Waals surface area (Å²) in [6, 6.07) is 17.0. The van der Waals surface area contributed by atoms with Gasteiger partial charge in [-0.05, 0) is 60.6 Å². The van der Waals surface area contributed by atoms with Crippen molar-refractivity contribution in [2.24, 2.45) is 0 Å². The second-order valence-corrected chi connectivity index (χ2v) is 7.97. The largest absolute Gasteiger partial charge is 0.324 e. The Balaban J connectivity index is 1.60. The summed E-state index contributed by atoms with van der Waals surface area (Å²) in [4.78, 5) is 26.5. The summed E-state index contributed by atoms with van der Waals surface area (Å²) < 4.78 is 2.53. The van der Waals surface area contributed by atoms with Crippen molar-refractivity contribution in [3.8, 4) is 5.69 Å². The van der Waals surface area contributed by atoms with Gasteiger partial charge in [0, 0.05) is 10.5 Å². The van der Waals surface area contributed by atoms with Crippen LogP contribution in [0.15, 0.2) is 59.1 Å². The summed E-state index contributed by atoms with van der Waals surface area (Å²) in [6.07, 6.45) is 0. The van der Waals surface area contributed by atoms with Crippen LogP contribution in [0.1, 0.15) is 11.3 Å². The normalized spacial score (nSPS) is 10.8. The Hall–Kier alpha value is -2.97. The van der Waals surface area contributed by atoms with Crippen molar-refractivity contribution in [2.45, 2.75) is 13.8 Å². The number of aromatic nitrogens is 2. The second-order valence-electron chi connectivity index (χ2n) is 7.12. The number of amides is 2. The molecular weight excluding hydrogens is 446 g/mol. The quantitative estimate of drug-likeness (QED) is 0.551. The van der Waals surface area contributed by atoms with Crippen LogP contribution in [0.5, 0.6) is 0 Å². The summed E-state index contributed by atoms with van der Waals surface area (Å²) in [5.74, 6) is 0.178. The van der Waals surface area contributed by atoms with Gasteiger partial charge in [0.1, 0.15) is 5.82 Å². The van der Waals surface area contributed by atoms with Crippen LogP contribution in [0.25, 0.3) is 5.69 Å². The lowest BCUT2D eigenvalue weighted by Crippen LogP contribution is -2.36. The van der Waals surface area contributed by atoms with E-state index < -0.39 is 0 Å². The predicted octanol–water partition coefficient (Wildman–Crippen LogP) is 3.76. The smallest absolute Gasteiger partial charge is 0.239 e. The predicted molar refractivity (Wildman–Crippen MR) is 122 cm³/mol. The van der Waals surface area contributed by atoms with Crippen LogP contribution in [0.4, 0.5) is 11.5 Å². The van der Waals surface area contributed by atoms with Crippen LogP contribution < -0.4 is 10.6 Å². The topological polar surface area (TPSA) is 79.3 Å². The number of anilines is 2. The fourth-order valence-electron chi connectivity index (χ4n) is 3.05. The van der Waals surface area contributed by atoms with Crippen molar-refractivity contribution < 1.29 is 9.59 Å². The molecule has 2 N–H and O–H groups in total. The van der Waals surface area contributed by atoms with Crippen LogP contribution in [0, 0.1) is 13.8 Å². The first kappa shape index (κ1) is 21.7. The van der Waals surface area contributed by atoms with E-state index in [0.717, 1.165) is 21.4 Å². The number of aryl methyl sites for hydroxylation is 2. The van der Waals surface area contributed by atoms with Gasteiger partial charge >= 0.3 is 0 Å². The Labute approximate surface area is 184 Å². The lowest BCUT2D eigenvalue weighted by molar-refractivity contribution is -0.119. The van der Waals surface area contributed by atoms with Crippen molar-refractivity contribution >= 4 is 39.2 Å². The number of hydrogen-bond acceptors (Lipinski definition) is 4. The molecule has 0 saturated heterocycles. The zero-order valence-corrected chi connectivity index (χ0v) is 18.7. The van der Waals surface area contributed by atoms with E-state index in [1.807, 2.05) is 68.4 Å². The number of carbonyl (C=O) groups excluding carboxylic acids is 2. The molecule has 30 heavy (non-hydrogen) atoms. The lowest BCUT2D eigenvalue weighted by atomic mass is 10.2. The number of carbonyl (C=O) groups is 2. The minimum atomic E-state index is -0.221. The molecule has 0 aliphatic heterocycles. The van der Waals surface area contributed by atoms with E-state index in [1.54, 1.807) is 16.6 Å². The molecule has 0 unspecified atom stereocenters. The minimum absolute atomic E-state index is 0.0708. The van der Waals surface area contributed by atoms with E-state index in [4.69, 9.17) is 0 Å². The van der Waals surface area contributed by atoms with Gasteiger partial charge in [0.05, 0.1) is 30.2 Å². The summed E-state index contributed by atoms with van der Waals surface area (Å²) in [7, 11) is 1.73. The summed E-state index contributed by atoms with van der Waals surface area (Å²) in [5.41, 5.74) is 3.45. The molecule has 0 saturated carbocycles. The van der Waals surface area contributed by atoms with Crippen LogP contribution in [-0.2, 0) is 9.59 Å². The molecule has 0 aliphatic carbocycles. The standard InChI is InChI=1S/C22H24BrN5O2/c1-15-8-4-7-11-19(15)28-20(12-16(2)26-28)25-22(30)14-27(3)13-21(29)24-18-10-6-5-9-17(18)23/h4-12H,13-14H2,1-3H3,(H,24,29)(H,25,30). The van der Waals surface area contributed by atoms with E-state index in [2.05, 4.69) is 31.7 Å². The number of benzene rings is 2. The molecule has 156 valence electrons. The van der Waals surface area contributed by atoms with Gasteiger partial charge in [-0.3, -0.25) is 14.5 Å². The number of halogens is 1. The first-order chi connectivity index (χ1) is 14.3. The average molecular weight is 470 g/mol.